The van der Waals surface area contributed by atoms with Crippen LogP contribution in [0.3, 0.4) is 0 Å². The Kier molecular flexibility index (Phi) is 11.5. The van der Waals surface area contributed by atoms with E-state index in [4.69, 9.17) is 9.84 Å². The van der Waals surface area contributed by atoms with E-state index in [0.29, 0.717) is 35.5 Å². The lowest BCUT2D eigenvalue weighted by atomic mass is 9.79. The van der Waals surface area contributed by atoms with E-state index in [1.165, 1.54) is 17.8 Å². The van der Waals surface area contributed by atoms with Gasteiger partial charge in [-0.1, -0.05) is 46.5 Å². The lowest BCUT2D eigenvalue weighted by Crippen LogP contribution is -2.37. The average Bonchev–Trinajstić information content (AvgIpc) is 3.05. The molecule has 0 aliphatic carbocycles. The van der Waals surface area contributed by atoms with E-state index in [0.717, 1.165) is 44.2 Å². The van der Waals surface area contributed by atoms with Crippen LogP contribution in [0.5, 0.6) is 5.75 Å². The second-order valence-corrected chi connectivity index (χ2v) is 13.3. The zero-order chi connectivity index (χ0) is 30.2. The molecule has 1 aliphatic rings. The Balaban J connectivity index is 2.21. The van der Waals surface area contributed by atoms with Crippen molar-refractivity contribution in [3.63, 3.8) is 0 Å². The molecule has 4 N–H and O–H groups in total. The standard InChI is InChI=1S/C30H41FN2O6S2/c1-5-8-14-30(15-9-6-2)19-33(22-12-10-21(11-13-22)32-28(34)7-3)24-16-26(40-4)25(39-18-23(31)29(35)36)17-27(24)41(37,38)20-30/h10-13,16-18,37-38H,5-9,14-15,19-20H2,1-4H3,(H,32,34)(H,35,36)/b23-18-. The Hall–Kier alpha value is -2.73. The molecule has 1 heterocycles. The van der Waals surface area contributed by atoms with E-state index in [2.05, 4.69) is 24.1 Å². The third-order valence-electron chi connectivity index (χ3n) is 7.29. The molecule has 8 nitrogen and oxygen atoms in total. The molecule has 0 fully saturated rings. The summed E-state index contributed by atoms with van der Waals surface area (Å²) in [5, 5.41) is 11.8. The van der Waals surface area contributed by atoms with Crippen LogP contribution in [-0.4, -0.2) is 44.6 Å². The second-order valence-electron chi connectivity index (χ2n) is 10.4. The fourth-order valence-corrected chi connectivity index (χ4v) is 7.85. The molecule has 3 rings (SSSR count). The molecule has 0 radical (unpaired) electrons. The fraction of sp³-hybridized carbons (Fsp3) is 0.467. The molecule has 1 amide bonds. The minimum Gasteiger partial charge on any atom is -0.476 e. The summed E-state index contributed by atoms with van der Waals surface area (Å²) in [6.45, 7) is 6.58. The normalized spacial score (nSPS) is 16.9. The second kappa shape index (κ2) is 14.4. The van der Waals surface area contributed by atoms with Crippen LogP contribution >= 0.6 is 22.4 Å². The number of hydrogen-bond donors (Lipinski definition) is 4. The molecule has 11 heteroatoms. The van der Waals surface area contributed by atoms with Gasteiger partial charge < -0.3 is 20.1 Å². The van der Waals surface area contributed by atoms with E-state index >= 15 is 0 Å². The van der Waals surface area contributed by atoms with Crippen LogP contribution in [0.15, 0.2) is 58.3 Å². The number of benzene rings is 2. The van der Waals surface area contributed by atoms with E-state index in [1.807, 2.05) is 30.5 Å². The minimum atomic E-state index is -3.34. The first kappa shape index (κ1) is 32.8. The number of halogens is 1. The van der Waals surface area contributed by atoms with Gasteiger partial charge in [-0.3, -0.25) is 13.9 Å². The van der Waals surface area contributed by atoms with Crippen LogP contribution < -0.4 is 15.0 Å². The lowest BCUT2D eigenvalue weighted by Gasteiger charge is -2.42. The van der Waals surface area contributed by atoms with Crippen LogP contribution in [0.25, 0.3) is 0 Å². The van der Waals surface area contributed by atoms with Crippen molar-refractivity contribution in [2.24, 2.45) is 5.41 Å². The number of rotatable bonds is 13. The Morgan fingerprint density at radius 1 is 1.12 bits per heavy atom. The van der Waals surface area contributed by atoms with Crippen molar-refractivity contribution in [3.05, 3.63) is 48.5 Å². The van der Waals surface area contributed by atoms with E-state index in [9.17, 15) is 23.1 Å². The Morgan fingerprint density at radius 2 is 1.76 bits per heavy atom. The van der Waals surface area contributed by atoms with Crippen molar-refractivity contribution in [2.45, 2.75) is 75.5 Å². The number of carbonyl (C=O) groups is 2. The summed E-state index contributed by atoms with van der Waals surface area (Å²) in [7, 11) is -3.34. The van der Waals surface area contributed by atoms with Crippen molar-refractivity contribution in [1.29, 1.82) is 0 Å². The summed E-state index contributed by atoms with van der Waals surface area (Å²) in [5.74, 6) is -2.99. The van der Waals surface area contributed by atoms with Gasteiger partial charge in [0.1, 0.15) is 12.0 Å². The van der Waals surface area contributed by atoms with Gasteiger partial charge in [-0.05, 0) is 49.4 Å². The SMILES string of the molecule is CCCCC1(CCCC)CN(c2ccc(NC(=O)CC)cc2)c2cc(SC)c(O/C=C(\F)C(=O)O)cc2S(O)(O)C1. The van der Waals surface area contributed by atoms with E-state index in [-0.39, 0.29) is 22.3 Å². The van der Waals surface area contributed by atoms with Gasteiger partial charge in [0.15, 0.2) is 0 Å². The van der Waals surface area contributed by atoms with Crippen molar-refractivity contribution >= 4 is 51.3 Å². The first-order valence-electron chi connectivity index (χ1n) is 13.9. The van der Waals surface area contributed by atoms with Crippen molar-refractivity contribution < 1.29 is 32.9 Å². The summed E-state index contributed by atoms with van der Waals surface area (Å²) >= 11 is 1.32. The Bertz CT molecular complexity index is 1240. The third kappa shape index (κ3) is 8.18. The highest BCUT2D eigenvalue weighted by Gasteiger charge is 2.42. The van der Waals surface area contributed by atoms with Crippen LogP contribution in [0, 0.1) is 5.41 Å². The molecule has 0 spiro atoms. The molecule has 2 aromatic carbocycles. The first-order valence-corrected chi connectivity index (χ1v) is 16.8. The average molecular weight is 609 g/mol. The van der Waals surface area contributed by atoms with Crippen LogP contribution in [0.4, 0.5) is 21.5 Å². The quantitative estimate of drug-likeness (QED) is 0.101. The summed E-state index contributed by atoms with van der Waals surface area (Å²) in [6, 6.07) is 10.8. The van der Waals surface area contributed by atoms with Gasteiger partial charge in [0.2, 0.25) is 11.7 Å². The van der Waals surface area contributed by atoms with Crippen LogP contribution in [0.2, 0.25) is 0 Å². The maximum atomic E-state index is 13.8. The van der Waals surface area contributed by atoms with Crippen molar-refractivity contribution in [1.82, 2.24) is 0 Å². The van der Waals surface area contributed by atoms with E-state index in [1.54, 1.807) is 13.0 Å². The molecule has 0 aromatic heterocycles. The highest BCUT2D eigenvalue weighted by Crippen LogP contribution is 2.62. The molecule has 0 saturated heterocycles. The predicted molar refractivity (Wildman–Crippen MR) is 166 cm³/mol. The minimum absolute atomic E-state index is 0.0875. The van der Waals surface area contributed by atoms with Gasteiger partial charge in [-0.15, -0.1) is 11.8 Å². The third-order valence-corrected chi connectivity index (χ3v) is 10.1. The molecule has 0 atom stereocenters. The summed E-state index contributed by atoms with van der Waals surface area (Å²) < 4.78 is 42.7. The van der Waals surface area contributed by atoms with Crippen LogP contribution in [-0.2, 0) is 9.59 Å². The van der Waals surface area contributed by atoms with Crippen LogP contribution in [0.1, 0.15) is 65.7 Å². The Labute approximate surface area is 247 Å². The smallest absolute Gasteiger partial charge is 0.368 e. The first-order chi connectivity index (χ1) is 19.5. The number of carboxylic acids is 1. The summed E-state index contributed by atoms with van der Waals surface area (Å²) in [6.07, 6.45) is 8.15. The predicted octanol–water partition coefficient (Wildman–Crippen LogP) is 8.66. The Morgan fingerprint density at radius 3 is 2.29 bits per heavy atom. The molecule has 41 heavy (non-hydrogen) atoms. The molecule has 226 valence electrons. The molecule has 0 saturated carbocycles. The van der Waals surface area contributed by atoms with Gasteiger partial charge in [0, 0.05) is 41.6 Å². The molecule has 0 unspecified atom stereocenters. The van der Waals surface area contributed by atoms with Gasteiger partial charge >= 0.3 is 5.97 Å². The highest BCUT2D eigenvalue weighted by atomic mass is 32.3. The number of nitrogens with one attached hydrogen (secondary N) is 1. The maximum Gasteiger partial charge on any atom is 0.368 e. The molecule has 2 aromatic rings. The number of fused-ring (bicyclic) bond motifs is 1. The van der Waals surface area contributed by atoms with Crippen molar-refractivity contribution in [2.75, 3.05) is 28.8 Å². The summed E-state index contributed by atoms with van der Waals surface area (Å²) in [4.78, 5) is 25.8. The maximum absolute atomic E-state index is 13.8. The number of aliphatic carboxylic acids is 1. The number of thioether (sulfide) groups is 1. The molecule has 0 bridgehead atoms. The number of carboxylic acid groups (broad SMARTS) is 1. The van der Waals surface area contributed by atoms with Gasteiger partial charge in [0.25, 0.3) is 0 Å². The van der Waals surface area contributed by atoms with Gasteiger partial charge in [0.05, 0.1) is 15.5 Å². The fourth-order valence-electron chi connectivity index (χ4n) is 5.13. The lowest BCUT2D eigenvalue weighted by molar-refractivity contribution is -0.134. The topological polar surface area (TPSA) is 119 Å². The number of carbonyl (C=O) groups excluding carboxylic acids is 1. The number of nitrogens with zero attached hydrogens (tertiary/aromatic N) is 1. The molecular weight excluding hydrogens is 567 g/mol. The van der Waals surface area contributed by atoms with E-state index < -0.39 is 27.8 Å². The molecule has 1 aliphatic heterocycles. The number of anilines is 3. The van der Waals surface area contributed by atoms with Gasteiger partial charge in [-0.25, -0.2) is 4.79 Å². The number of unbranched alkanes of at least 4 members (excludes halogenated alkanes) is 2. The number of hydrogen-bond acceptors (Lipinski definition) is 7. The highest BCUT2D eigenvalue weighted by molar-refractivity contribution is 8.24. The zero-order valence-corrected chi connectivity index (χ0v) is 25.7. The monoisotopic (exact) mass is 608 g/mol. The number of amides is 1. The largest absolute Gasteiger partial charge is 0.476 e. The summed E-state index contributed by atoms with van der Waals surface area (Å²) in [5.41, 5.74) is 1.70. The van der Waals surface area contributed by atoms with Gasteiger partial charge in [-0.2, -0.15) is 15.0 Å². The molecular formula is C30H41FN2O6S2. The zero-order valence-electron chi connectivity index (χ0n) is 24.1. The van der Waals surface area contributed by atoms with Crippen molar-refractivity contribution in [3.8, 4) is 5.75 Å². The number of ether oxygens (including phenoxy) is 1.